The van der Waals surface area contributed by atoms with Crippen molar-refractivity contribution in [3.8, 4) is 0 Å². The Morgan fingerprint density at radius 1 is 0.811 bits per heavy atom. The monoisotopic (exact) mass is 516 g/mol. The van der Waals surface area contributed by atoms with Gasteiger partial charge < -0.3 is 20.4 Å². The van der Waals surface area contributed by atoms with Crippen LogP contribution in [0.4, 0.5) is 5.69 Å². The first-order valence-corrected chi connectivity index (χ1v) is 13.2. The number of aliphatic hydroxyl groups is 2. The van der Waals surface area contributed by atoms with Gasteiger partial charge in [-0.2, -0.15) is 0 Å². The number of hydrogen-bond donors (Lipinski definition) is 3. The van der Waals surface area contributed by atoms with Crippen molar-refractivity contribution in [2.24, 2.45) is 0 Å². The fourth-order valence-electron chi connectivity index (χ4n) is 5.02. The van der Waals surface area contributed by atoms with Crippen molar-refractivity contribution in [3.05, 3.63) is 106 Å². The SMILES string of the molecule is OCc1ccc(C(NCCN2CCN(c3ccnc4cc(Cl)ccc34)CC2)c2ccc(CO)cc2)cc1. The van der Waals surface area contributed by atoms with E-state index in [2.05, 4.69) is 56.5 Å². The maximum atomic E-state index is 9.43. The van der Waals surface area contributed by atoms with Gasteiger partial charge in [-0.15, -0.1) is 0 Å². The van der Waals surface area contributed by atoms with Gasteiger partial charge in [-0.25, -0.2) is 0 Å². The molecule has 4 aromatic rings. The zero-order valence-corrected chi connectivity index (χ0v) is 21.6. The number of aromatic nitrogens is 1. The topological polar surface area (TPSA) is 71.9 Å². The van der Waals surface area contributed by atoms with E-state index in [4.69, 9.17) is 11.6 Å². The third-order valence-electron chi connectivity index (χ3n) is 7.16. The summed E-state index contributed by atoms with van der Waals surface area (Å²) in [6.45, 7) is 5.83. The quantitative estimate of drug-likeness (QED) is 0.307. The molecule has 1 saturated heterocycles. The second-order valence-corrected chi connectivity index (χ2v) is 9.94. The number of hydrogen-bond acceptors (Lipinski definition) is 6. The van der Waals surface area contributed by atoms with Gasteiger partial charge in [-0.3, -0.25) is 9.88 Å². The van der Waals surface area contributed by atoms with E-state index in [1.165, 1.54) is 5.69 Å². The lowest BCUT2D eigenvalue weighted by Gasteiger charge is -2.36. The molecule has 6 nitrogen and oxygen atoms in total. The van der Waals surface area contributed by atoms with Crippen molar-refractivity contribution in [1.29, 1.82) is 0 Å². The molecule has 0 aliphatic carbocycles. The first-order chi connectivity index (χ1) is 18.1. The Hall–Kier alpha value is -3.00. The highest BCUT2D eigenvalue weighted by molar-refractivity contribution is 6.31. The van der Waals surface area contributed by atoms with Gasteiger partial charge in [0, 0.05) is 61.6 Å². The molecule has 5 rings (SSSR count). The van der Waals surface area contributed by atoms with Gasteiger partial charge >= 0.3 is 0 Å². The minimum absolute atomic E-state index is 0.0387. The van der Waals surface area contributed by atoms with Gasteiger partial charge in [0.1, 0.15) is 0 Å². The summed E-state index contributed by atoms with van der Waals surface area (Å²) in [6.07, 6.45) is 1.87. The molecule has 1 fully saturated rings. The van der Waals surface area contributed by atoms with E-state index in [1.54, 1.807) is 0 Å². The number of aliphatic hydroxyl groups excluding tert-OH is 2. The lowest BCUT2D eigenvalue weighted by Crippen LogP contribution is -2.48. The highest BCUT2D eigenvalue weighted by Crippen LogP contribution is 2.28. The molecule has 37 heavy (non-hydrogen) atoms. The molecule has 0 unspecified atom stereocenters. The molecule has 3 aromatic carbocycles. The summed E-state index contributed by atoms with van der Waals surface area (Å²) in [5, 5.41) is 24.4. The number of nitrogens with zero attached hydrogens (tertiary/aromatic N) is 3. The second kappa shape index (κ2) is 12.0. The van der Waals surface area contributed by atoms with Crippen molar-refractivity contribution < 1.29 is 10.2 Å². The molecule has 0 saturated carbocycles. The molecule has 7 heteroatoms. The van der Waals surface area contributed by atoms with Gasteiger partial charge in [0.05, 0.1) is 24.8 Å². The number of fused-ring (bicyclic) bond motifs is 1. The number of anilines is 1. The molecule has 0 amide bonds. The molecule has 2 heterocycles. The van der Waals surface area contributed by atoms with Crippen LogP contribution < -0.4 is 10.2 Å². The van der Waals surface area contributed by atoms with Crippen LogP contribution in [-0.2, 0) is 13.2 Å². The van der Waals surface area contributed by atoms with Crippen LogP contribution in [0.1, 0.15) is 28.3 Å². The average Bonchev–Trinajstić information content (AvgIpc) is 2.95. The average molecular weight is 517 g/mol. The van der Waals surface area contributed by atoms with Crippen LogP contribution >= 0.6 is 11.6 Å². The van der Waals surface area contributed by atoms with E-state index in [1.807, 2.05) is 42.6 Å². The van der Waals surface area contributed by atoms with E-state index in [0.717, 1.165) is 72.4 Å². The first kappa shape index (κ1) is 25.6. The number of nitrogens with one attached hydrogen (secondary N) is 1. The molecular weight excluding hydrogens is 484 g/mol. The van der Waals surface area contributed by atoms with Crippen molar-refractivity contribution in [2.75, 3.05) is 44.2 Å². The Balaban J connectivity index is 1.21. The number of pyridine rings is 1. The normalized spacial score (nSPS) is 14.5. The maximum absolute atomic E-state index is 9.43. The number of piperazine rings is 1. The molecule has 0 spiro atoms. The molecule has 192 valence electrons. The predicted molar refractivity (Wildman–Crippen MR) is 150 cm³/mol. The summed E-state index contributed by atoms with van der Waals surface area (Å²) in [7, 11) is 0. The van der Waals surface area contributed by atoms with Crippen molar-refractivity contribution in [2.45, 2.75) is 19.3 Å². The van der Waals surface area contributed by atoms with Crippen LogP contribution in [-0.4, -0.2) is 59.4 Å². The van der Waals surface area contributed by atoms with Crippen LogP contribution in [0.15, 0.2) is 79.0 Å². The van der Waals surface area contributed by atoms with E-state index < -0.39 is 0 Å². The summed E-state index contributed by atoms with van der Waals surface area (Å²) >= 11 is 6.17. The molecule has 0 atom stereocenters. The number of benzene rings is 3. The molecule has 3 N–H and O–H groups in total. The van der Waals surface area contributed by atoms with Crippen molar-refractivity contribution >= 4 is 28.2 Å². The summed E-state index contributed by atoms with van der Waals surface area (Å²) < 4.78 is 0. The van der Waals surface area contributed by atoms with Crippen LogP contribution in [0.25, 0.3) is 10.9 Å². The lowest BCUT2D eigenvalue weighted by molar-refractivity contribution is 0.256. The summed E-state index contributed by atoms with van der Waals surface area (Å²) in [6, 6.07) is 24.3. The minimum Gasteiger partial charge on any atom is -0.392 e. The predicted octanol–water partition coefficient (Wildman–Crippen LogP) is 4.37. The molecule has 1 aliphatic rings. The maximum Gasteiger partial charge on any atom is 0.0737 e. The largest absolute Gasteiger partial charge is 0.392 e. The third-order valence-corrected chi connectivity index (χ3v) is 7.40. The Morgan fingerprint density at radius 2 is 1.43 bits per heavy atom. The zero-order chi connectivity index (χ0) is 25.6. The zero-order valence-electron chi connectivity index (χ0n) is 20.9. The first-order valence-electron chi connectivity index (χ1n) is 12.8. The molecule has 1 aliphatic heterocycles. The lowest BCUT2D eigenvalue weighted by atomic mass is 9.97. The summed E-state index contributed by atoms with van der Waals surface area (Å²) in [4.78, 5) is 9.43. The van der Waals surface area contributed by atoms with Crippen molar-refractivity contribution in [1.82, 2.24) is 15.2 Å². The van der Waals surface area contributed by atoms with Crippen LogP contribution in [0.5, 0.6) is 0 Å². The molecule has 1 aromatic heterocycles. The summed E-state index contributed by atoms with van der Waals surface area (Å²) in [5.74, 6) is 0. The third kappa shape index (κ3) is 6.12. The van der Waals surface area contributed by atoms with E-state index in [-0.39, 0.29) is 19.3 Å². The van der Waals surface area contributed by atoms with Gasteiger partial charge in [-0.1, -0.05) is 60.1 Å². The number of rotatable bonds is 9. The van der Waals surface area contributed by atoms with Gasteiger partial charge in [0.25, 0.3) is 0 Å². The van der Waals surface area contributed by atoms with Crippen LogP contribution in [0.2, 0.25) is 5.02 Å². The summed E-state index contributed by atoms with van der Waals surface area (Å²) in [5.41, 5.74) is 6.27. The fourth-order valence-corrected chi connectivity index (χ4v) is 5.19. The standard InChI is InChI=1S/C30H33ClN4O2/c31-26-9-10-27-28(19-26)32-12-11-29(27)35-17-15-34(16-18-35)14-13-33-30(24-5-1-22(20-36)2-6-24)25-7-3-23(21-37)4-8-25/h1-12,19,30,33,36-37H,13-18,20-21H2. The Kier molecular flexibility index (Phi) is 8.34. The molecule has 0 radical (unpaired) electrons. The fraction of sp³-hybridized carbons (Fsp3) is 0.300. The van der Waals surface area contributed by atoms with E-state index in [0.29, 0.717) is 5.02 Å². The van der Waals surface area contributed by atoms with Gasteiger partial charge in [0.15, 0.2) is 0 Å². The minimum atomic E-state index is 0.0387. The molecule has 0 bridgehead atoms. The molecular formula is C30H33ClN4O2. The second-order valence-electron chi connectivity index (χ2n) is 9.51. The van der Waals surface area contributed by atoms with Crippen molar-refractivity contribution in [3.63, 3.8) is 0 Å². The Bertz CT molecular complexity index is 1260. The van der Waals surface area contributed by atoms with Crippen LogP contribution in [0.3, 0.4) is 0 Å². The van der Waals surface area contributed by atoms with Crippen LogP contribution in [0, 0.1) is 0 Å². The van der Waals surface area contributed by atoms with E-state index in [9.17, 15) is 10.2 Å². The Labute approximate surface area is 223 Å². The highest BCUT2D eigenvalue weighted by atomic mass is 35.5. The highest BCUT2D eigenvalue weighted by Gasteiger charge is 2.20. The smallest absolute Gasteiger partial charge is 0.0737 e. The Morgan fingerprint density at radius 3 is 2.03 bits per heavy atom. The number of halogens is 1. The van der Waals surface area contributed by atoms with Gasteiger partial charge in [-0.05, 0) is 46.5 Å². The van der Waals surface area contributed by atoms with E-state index >= 15 is 0 Å². The van der Waals surface area contributed by atoms with Gasteiger partial charge in [0.2, 0.25) is 0 Å².